The summed E-state index contributed by atoms with van der Waals surface area (Å²) in [5.74, 6) is -2.31. The van der Waals surface area contributed by atoms with Crippen molar-refractivity contribution in [3.05, 3.63) is 60.8 Å². The summed E-state index contributed by atoms with van der Waals surface area (Å²) >= 11 is 0. The first-order valence-electron chi connectivity index (χ1n) is 22.9. The van der Waals surface area contributed by atoms with Crippen molar-refractivity contribution in [2.45, 2.75) is 187 Å². The van der Waals surface area contributed by atoms with E-state index >= 15 is 0 Å². The molecule has 334 valence electrons. The van der Waals surface area contributed by atoms with Gasteiger partial charge in [-0.05, 0) is 57.8 Å². The van der Waals surface area contributed by atoms with Crippen LogP contribution in [0.2, 0.25) is 0 Å². The number of rotatable bonds is 41. The molecule has 0 saturated heterocycles. The van der Waals surface area contributed by atoms with Crippen LogP contribution in [0.1, 0.15) is 174 Å². The van der Waals surface area contributed by atoms with E-state index in [0.29, 0.717) is 17.4 Å². The highest BCUT2D eigenvalue weighted by molar-refractivity contribution is 5.70. The third-order valence-corrected chi connectivity index (χ3v) is 9.53. The standard InChI is InChI=1S/C49H85NO8/c1-6-8-10-12-14-16-18-19-20-21-22-23-24-25-26-27-28-29-30-32-34-36-38-40-47(52)58-45(44-57-49(48(53)54)55-42-41-50(3,4)5)43-56-46(51)39-37-35-33-31-17-15-13-11-9-7-2/h8,10,14,16,19-20,22-23,25-26,45,49H,6-7,9,11-13,15,17-18,21,24,27-44H2,1-5H3/b10-8-,16-14-,20-19-,23-22-,26-25-. The van der Waals surface area contributed by atoms with Gasteiger partial charge >= 0.3 is 11.9 Å². The summed E-state index contributed by atoms with van der Waals surface area (Å²) in [6.07, 6.45) is 45.4. The Morgan fingerprint density at radius 2 is 0.983 bits per heavy atom. The Balaban J connectivity index is 4.38. The fraction of sp³-hybridized carbons (Fsp3) is 0.735. The molecule has 0 heterocycles. The number of quaternary nitrogens is 1. The van der Waals surface area contributed by atoms with Gasteiger partial charge in [0, 0.05) is 12.8 Å². The molecule has 9 nitrogen and oxygen atoms in total. The van der Waals surface area contributed by atoms with Crippen LogP contribution in [-0.2, 0) is 33.3 Å². The number of ether oxygens (including phenoxy) is 4. The maximum Gasteiger partial charge on any atom is 0.306 e. The SMILES string of the molecule is CC/C=C\C/C=C\C/C=C\C/C=C\C/C=C\CCCCCCCCCC(=O)OC(COC(=O)CCCCCCCCCCCC)COC(OCC[N+](C)(C)C)C(=O)[O-]. The summed E-state index contributed by atoms with van der Waals surface area (Å²) < 4.78 is 22.5. The average Bonchev–Trinajstić information content (AvgIpc) is 3.18. The smallest absolute Gasteiger partial charge is 0.306 e. The van der Waals surface area contributed by atoms with E-state index in [1.807, 2.05) is 21.1 Å². The minimum atomic E-state index is -1.62. The quantitative estimate of drug-likeness (QED) is 0.0197. The number of unbranched alkanes of at least 4 members (excludes halogenated alkanes) is 16. The number of allylic oxidation sites excluding steroid dienone is 10. The molecule has 0 aromatic heterocycles. The maximum atomic E-state index is 12.7. The van der Waals surface area contributed by atoms with E-state index < -0.39 is 24.3 Å². The van der Waals surface area contributed by atoms with Crippen LogP contribution in [0.25, 0.3) is 0 Å². The number of carboxylic acids is 1. The fourth-order valence-electron chi connectivity index (χ4n) is 5.97. The molecule has 0 aromatic rings. The summed E-state index contributed by atoms with van der Waals surface area (Å²) in [6.45, 7) is 4.58. The Kier molecular flexibility index (Phi) is 38.6. The molecule has 2 unspecified atom stereocenters. The highest BCUT2D eigenvalue weighted by atomic mass is 16.7. The predicted molar refractivity (Wildman–Crippen MR) is 237 cm³/mol. The van der Waals surface area contributed by atoms with Crippen molar-refractivity contribution < 1.29 is 42.9 Å². The molecule has 0 bridgehead atoms. The van der Waals surface area contributed by atoms with Crippen LogP contribution < -0.4 is 5.11 Å². The van der Waals surface area contributed by atoms with Gasteiger partial charge in [-0.25, -0.2) is 0 Å². The molecule has 0 aromatic carbocycles. The topological polar surface area (TPSA) is 111 Å². The third-order valence-electron chi connectivity index (χ3n) is 9.53. The van der Waals surface area contributed by atoms with Crippen molar-refractivity contribution in [1.29, 1.82) is 0 Å². The highest BCUT2D eigenvalue weighted by Gasteiger charge is 2.21. The summed E-state index contributed by atoms with van der Waals surface area (Å²) in [7, 11) is 5.90. The lowest BCUT2D eigenvalue weighted by Gasteiger charge is -2.26. The average molecular weight is 816 g/mol. The van der Waals surface area contributed by atoms with E-state index in [0.717, 1.165) is 77.0 Å². The van der Waals surface area contributed by atoms with E-state index in [1.165, 1.54) is 64.2 Å². The predicted octanol–water partition coefficient (Wildman–Crippen LogP) is 10.8. The van der Waals surface area contributed by atoms with Gasteiger partial charge in [0.05, 0.1) is 40.3 Å². The number of carbonyl (C=O) groups is 3. The maximum absolute atomic E-state index is 12.7. The monoisotopic (exact) mass is 816 g/mol. The largest absolute Gasteiger partial charge is 0.545 e. The van der Waals surface area contributed by atoms with Crippen LogP contribution in [0, 0.1) is 0 Å². The molecular weight excluding hydrogens is 731 g/mol. The molecule has 58 heavy (non-hydrogen) atoms. The van der Waals surface area contributed by atoms with Gasteiger partial charge < -0.3 is 33.3 Å². The van der Waals surface area contributed by atoms with Gasteiger partial charge in [0.25, 0.3) is 0 Å². The van der Waals surface area contributed by atoms with Crippen molar-refractivity contribution in [2.75, 3.05) is 47.5 Å². The molecule has 0 amide bonds. The molecule has 2 atom stereocenters. The molecule has 0 aliphatic rings. The number of esters is 2. The summed E-state index contributed by atoms with van der Waals surface area (Å²) in [5, 5.41) is 11.7. The number of aliphatic carboxylic acids is 1. The molecule has 0 aliphatic carbocycles. The lowest BCUT2D eigenvalue weighted by molar-refractivity contribution is -0.870. The summed E-state index contributed by atoms with van der Waals surface area (Å²) in [5.41, 5.74) is 0. The Labute approximate surface area is 355 Å². The van der Waals surface area contributed by atoms with Crippen LogP contribution in [0.15, 0.2) is 60.8 Å². The van der Waals surface area contributed by atoms with E-state index in [9.17, 15) is 19.5 Å². The van der Waals surface area contributed by atoms with E-state index in [1.54, 1.807) is 0 Å². The van der Waals surface area contributed by atoms with Gasteiger partial charge in [-0.1, -0.05) is 164 Å². The lowest BCUT2D eigenvalue weighted by atomic mass is 10.1. The van der Waals surface area contributed by atoms with Gasteiger partial charge in [0.15, 0.2) is 12.4 Å². The Morgan fingerprint density at radius 3 is 1.47 bits per heavy atom. The zero-order valence-electron chi connectivity index (χ0n) is 37.6. The van der Waals surface area contributed by atoms with E-state index in [-0.39, 0.29) is 38.6 Å². The number of likely N-dealkylation sites (N-methyl/N-ethyl adjacent to an activating group) is 1. The zero-order chi connectivity index (χ0) is 42.8. The second kappa shape index (κ2) is 40.8. The van der Waals surface area contributed by atoms with Crippen LogP contribution in [0.3, 0.4) is 0 Å². The Hall–Kier alpha value is -3.01. The number of hydrogen-bond donors (Lipinski definition) is 0. The van der Waals surface area contributed by atoms with Gasteiger partial charge in [0.1, 0.15) is 13.2 Å². The van der Waals surface area contributed by atoms with Gasteiger partial charge in [-0.15, -0.1) is 0 Å². The Bertz CT molecular complexity index is 1140. The normalized spacial score (nSPS) is 13.5. The second-order valence-electron chi connectivity index (χ2n) is 16.3. The van der Waals surface area contributed by atoms with Crippen LogP contribution in [0.4, 0.5) is 0 Å². The van der Waals surface area contributed by atoms with Crippen LogP contribution >= 0.6 is 0 Å². The van der Waals surface area contributed by atoms with Gasteiger partial charge in [-0.3, -0.25) is 9.59 Å². The van der Waals surface area contributed by atoms with Crippen LogP contribution in [-0.4, -0.2) is 82.3 Å². The Morgan fingerprint density at radius 1 is 0.534 bits per heavy atom. The van der Waals surface area contributed by atoms with Gasteiger partial charge in [0.2, 0.25) is 0 Å². The van der Waals surface area contributed by atoms with Crippen molar-refractivity contribution in [3.63, 3.8) is 0 Å². The number of hydrogen-bond acceptors (Lipinski definition) is 8. The second-order valence-corrected chi connectivity index (χ2v) is 16.3. The summed E-state index contributed by atoms with van der Waals surface area (Å²) in [6, 6.07) is 0. The fourth-order valence-corrected chi connectivity index (χ4v) is 5.97. The molecule has 0 N–H and O–H groups in total. The molecule has 0 radical (unpaired) electrons. The van der Waals surface area contributed by atoms with Crippen molar-refractivity contribution in [3.8, 4) is 0 Å². The molecule has 9 heteroatoms. The van der Waals surface area contributed by atoms with E-state index in [2.05, 4.69) is 74.6 Å². The minimum Gasteiger partial charge on any atom is -0.545 e. The number of nitrogens with zero attached hydrogens (tertiary/aromatic N) is 1. The lowest BCUT2D eigenvalue weighted by Crippen LogP contribution is -2.44. The highest BCUT2D eigenvalue weighted by Crippen LogP contribution is 2.14. The third kappa shape index (κ3) is 41.2. The molecule has 0 spiro atoms. The first-order valence-corrected chi connectivity index (χ1v) is 22.9. The van der Waals surface area contributed by atoms with Crippen molar-refractivity contribution >= 4 is 17.9 Å². The van der Waals surface area contributed by atoms with Crippen LogP contribution in [0.5, 0.6) is 0 Å². The van der Waals surface area contributed by atoms with Crippen molar-refractivity contribution in [1.82, 2.24) is 0 Å². The molecule has 0 saturated carbocycles. The molecule has 0 fully saturated rings. The zero-order valence-corrected chi connectivity index (χ0v) is 37.6. The van der Waals surface area contributed by atoms with Crippen molar-refractivity contribution in [2.24, 2.45) is 0 Å². The molecule has 0 aliphatic heterocycles. The van der Waals surface area contributed by atoms with Gasteiger partial charge in [-0.2, -0.15) is 0 Å². The molecular formula is C49H85NO8. The van der Waals surface area contributed by atoms with E-state index in [4.69, 9.17) is 18.9 Å². The first kappa shape index (κ1) is 55.0. The summed E-state index contributed by atoms with van der Waals surface area (Å²) in [4.78, 5) is 36.9. The number of carbonyl (C=O) groups excluding carboxylic acids is 3. The number of carboxylic acid groups (broad SMARTS) is 1. The first-order chi connectivity index (χ1) is 28.1. The molecule has 0 rings (SSSR count). The minimum absolute atomic E-state index is 0.144.